The highest BCUT2D eigenvalue weighted by Gasteiger charge is 2.27. The molecule has 0 unspecified atom stereocenters. The van der Waals surface area contributed by atoms with E-state index in [2.05, 4.69) is 0 Å². The lowest BCUT2D eigenvalue weighted by Crippen LogP contribution is -2.46. The fourth-order valence-electron chi connectivity index (χ4n) is 3.30. The van der Waals surface area contributed by atoms with Crippen LogP contribution in [0.4, 0.5) is 9.18 Å². The third-order valence-corrected chi connectivity index (χ3v) is 4.62. The van der Waals surface area contributed by atoms with E-state index in [1.165, 1.54) is 21.3 Å². The Balaban J connectivity index is 1.96. The molecule has 1 fully saturated rings. The monoisotopic (exact) mass is 349 g/mol. The normalized spacial score (nSPS) is 15.6. The third-order valence-electron chi connectivity index (χ3n) is 4.62. The molecule has 0 bridgehead atoms. The molecule has 0 spiro atoms. The summed E-state index contributed by atoms with van der Waals surface area (Å²) in [6.07, 6.45) is 0.547. The molecular formula is C17H20FN3O4. The number of likely N-dealkylation sites (tertiary alicyclic amines) is 1. The van der Waals surface area contributed by atoms with Gasteiger partial charge in [-0.15, -0.1) is 0 Å². The first-order valence-corrected chi connectivity index (χ1v) is 8.26. The van der Waals surface area contributed by atoms with Crippen molar-refractivity contribution >= 4 is 17.0 Å². The number of amides is 1. The Kier molecular flexibility index (Phi) is 4.61. The zero-order chi connectivity index (χ0) is 18.1. The highest BCUT2D eigenvalue weighted by Crippen LogP contribution is 2.21. The summed E-state index contributed by atoms with van der Waals surface area (Å²) in [5.41, 5.74) is -0.525. The summed E-state index contributed by atoms with van der Waals surface area (Å²) in [4.78, 5) is 38.7. The summed E-state index contributed by atoms with van der Waals surface area (Å²) in [5.74, 6) is -0.521. The van der Waals surface area contributed by atoms with Crippen LogP contribution >= 0.6 is 0 Å². The second kappa shape index (κ2) is 6.70. The minimum atomic E-state index is -0.521. The maximum atomic E-state index is 13.5. The summed E-state index contributed by atoms with van der Waals surface area (Å²) in [5, 5.41) is 0.176. The lowest BCUT2D eigenvalue weighted by atomic mass is 10.0. The van der Waals surface area contributed by atoms with Gasteiger partial charge in [0.2, 0.25) is 0 Å². The first kappa shape index (κ1) is 17.2. The van der Waals surface area contributed by atoms with E-state index in [1.54, 1.807) is 18.9 Å². The van der Waals surface area contributed by atoms with Crippen LogP contribution in [0.15, 0.2) is 27.8 Å². The van der Waals surface area contributed by atoms with Crippen LogP contribution in [0.1, 0.15) is 25.8 Å². The molecule has 1 saturated heterocycles. The van der Waals surface area contributed by atoms with Crippen LogP contribution in [0.5, 0.6) is 0 Å². The Hall–Kier alpha value is -2.64. The molecule has 3 rings (SSSR count). The Morgan fingerprint density at radius 2 is 1.96 bits per heavy atom. The van der Waals surface area contributed by atoms with Crippen LogP contribution < -0.4 is 11.2 Å². The number of nitrogens with zero attached hydrogens (tertiary/aromatic N) is 3. The molecular weight excluding hydrogens is 329 g/mol. The lowest BCUT2D eigenvalue weighted by molar-refractivity contribution is 0.0919. The smallest absolute Gasteiger partial charge is 0.409 e. The van der Waals surface area contributed by atoms with Crippen LogP contribution in [-0.4, -0.2) is 39.8 Å². The highest BCUT2D eigenvalue weighted by atomic mass is 19.1. The van der Waals surface area contributed by atoms with Crippen LogP contribution in [0.2, 0.25) is 0 Å². The fraction of sp³-hybridized carbons (Fsp3) is 0.471. The van der Waals surface area contributed by atoms with E-state index in [0.29, 0.717) is 38.1 Å². The molecule has 134 valence electrons. The van der Waals surface area contributed by atoms with Crippen molar-refractivity contribution in [3.63, 3.8) is 0 Å². The highest BCUT2D eigenvalue weighted by molar-refractivity contribution is 5.77. The van der Waals surface area contributed by atoms with Crippen LogP contribution in [-0.2, 0) is 11.8 Å². The van der Waals surface area contributed by atoms with Crippen molar-refractivity contribution in [1.82, 2.24) is 14.0 Å². The van der Waals surface area contributed by atoms with Crippen molar-refractivity contribution < 1.29 is 13.9 Å². The molecule has 8 heteroatoms. The minimum Gasteiger partial charge on any atom is -0.450 e. The van der Waals surface area contributed by atoms with Crippen LogP contribution in [0.25, 0.3) is 10.9 Å². The summed E-state index contributed by atoms with van der Waals surface area (Å²) in [7, 11) is 1.56. The molecule has 1 aromatic carbocycles. The Labute approximate surface area is 143 Å². The Bertz CT molecular complexity index is 926. The number of carbonyl (C=O) groups is 1. The second-order valence-corrected chi connectivity index (χ2v) is 6.10. The van der Waals surface area contributed by atoms with Gasteiger partial charge >= 0.3 is 11.8 Å². The van der Waals surface area contributed by atoms with Gasteiger partial charge in [-0.3, -0.25) is 13.9 Å². The van der Waals surface area contributed by atoms with E-state index in [9.17, 15) is 18.8 Å². The van der Waals surface area contributed by atoms with Gasteiger partial charge in [0.25, 0.3) is 5.56 Å². The standard InChI is InChI=1S/C17H20FN3O4/c1-3-25-17(24)20-8-6-12(7-9-20)21-15(22)13-10-11(18)4-5-14(13)19(2)16(21)23/h4-5,10,12H,3,6-9H2,1-2H3. The molecule has 2 aromatic rings. The first-order valence-electron chi connectivity index (χ1n) is 8.26. The Morgan fingerprint density at radius 3 is 2.60 bits per heavy atom. The number of benzene rings is 1. The molecule has 0 aliphatic carbocycles. The quantitative estimate of drug-likeness (QED) is 0.826. The molecule has 25 heavy (non-hydrogen) atoms. The van der Waals surface area contributed by atoms with Crippen molar-refractivity contribution in [3.8, 4) is 0 Å². The number of aryl methyl sites for hydroxylation is 1. The topological polar surface area (TPSA) is 73.5 Å². The molecule has 2 heterocycles. The van der Waals surface area contributed by atoms with Gasteiger partial charge in [-0.1, -0.05) is 0 Å². The number of aromatic nitrogens is 2. The number of piperidine rings is 1. The second-order valence-electron chi connectivity index (χ2n) is 6.10. The van der Waals surface area contributed by atoms with E-state index in [-0.39, 0.29) is 17.5 Å². The number of hydrogen-bond donors (Lipinski definition) is 0. The SMILES string of the molecule is CCOC(=O)N1CCC(n2c(=O)c3cc(F)ccc3n(C)c2=O)CC1. The van der Waals surface area contributed by atoms with Crippen LogP contribution in [0.3, 0.4) is 0 Å². The van der Waals surface area contributed by atoms with Gasteiger partial charge in [-0.25, -0.2) is 14.0 Å². The maximum Gasteiger partial charge on any atom is 0.409 e. The summed E-state index contributed by atoms with van der Waals surface area (Å²) in [6, 6.07) is 3.48. The molecule has 0 radical (unpaired) electrons. The van der Waals surface area contributed by atoms with Gasteiger partial charge in [-0.05, 0) is 38.0 Å². The molecule has 1 aliphatic rings. The van der Waals surface area contributed by atoms with E-state index in [1.807, 2.05) is 0 Å². The molecule has 1 aliphatic heterocycles. The van der Waals surface area contributed by atoms with Crippen LogP contribution in [0, 0.1) is 5.82 Å². The number of rotatable bonds is 2. The van der Waals surface area contributed by atoms with Gasteiger partial charge in [0.15, 0.2) is 0 Å². The summed E-state index contributed by atoms with van der Waals surface area (Å²) >= 11 is 0. The zero-order valence-electron chi connectivity index (χ0n) is 14.2. The van der Waals surface area contributed by atoms with Crippen molar-refractivity contribution in [2.24, 2.45) is 7.05 Å². The molecule has 0 N–H and O–H groups in total. The van der Waals surface area contributed by atoms with Gasteiger partial charge in [-0.2, -0.15) is 0 Å². The minimum absolute atomic E-state index is 0.176. The van der Waals surface area contributed by atoms with E-state index < -0.39 is 17.1 Å². The first-order chi connectivity index (χ1) is 11.9. The Morgan fingerprint density at radius 1 is 1.28 bits per heavy atom. The molecule has 0 saturated carbocycles. The largest absolute Gasteiger partial charge is 0.450 e. The summed E-state index contributed by atoms with van der Waals surface area (Å²) in [6.45, 7) is 2.84. The van der Waals surface area contributed by atoms with Gasteiger partial charge in [0, 0.05) is 26.2 Å². The predicted octanol–water partition coefficient (Wildman–Crippen LogP) is 1.63. The number of fused-ring (bicyclic) bond motifs is 1. The molecule has 0 atom stereocenters. The third kappa shape index (κ3) is 3.04. The lowest BCUT2D eigenvalue weighted by Gasteiger charge is -2.32. The van der Waals surface area contributed by atoms with Crippen molar-refractivity contribution in [2.45, 2.75) is 25.8 Å². The average molecular weight is 349 g/mol. The van der Waals surface area contributed by atoms with Crippen molar-refractivity contribution in [2.75, 3.05) is 19.7 Å². The molecule has 7 nitrogen and oxygen atoms in total. The predicted molar refractivity (Wildman–Crippen MR) is 90.3 cm³/mol. The van der Waals surface area contributed by atoms with Gasteiger partial charge < -0.3 is 9.64 Å². The number of hydrogen-bond acceptors (Lipinski definition) is 4. The van der Waals surface area contributed by atoms with Gasteiger partial charge in [0.05, 0.1) is 17.5 Å². The fourth-order valence-corrected chi connectivity index (χ4v) is 3.30. The van der Waals surface area contributed by atoms with E-state index >= 15 is 0 Å². The van der Waals surface area contributed by atoms with Crippen molar-refractivity contribution in [3.05, 3.63) is 44.9 Å². The van der Waals surface area contributed by atoms with E-state index in [0.717, 1.165) is 6.07 Å². The number of carbonyl (C=O) groups excluding carboxylic acids is 1. The molecule has 1 amide bonds. The van der Waals surface area contributed by atoms with Gasteiger partial charge in [0.1, 0.15) is 5.82 Å². The average Bonchev–Trinajstić information content (AvgIpc) is 2.61. The van der Waals surface area contributed by atoms with E-state index in [4.69, 9.17) is 4.74 Å². The molecule has 1 aromatic heterocycles. The number of halogens is 1. The number of ether oxygens (including phenoxy) is 1. The zero-order valence-corrected chi connectivity index (χ0v) is 14.2. The van der Waals surface area contributed by atoms with Crippen molar-refractivity contribution in [1.29, 1.82) is 0 Å². The maximum absolute atomic E-state index is 13.5. The summed E-state index contributed by atoms with van der Waals surface area (Å²) < 4.78 is 21.1.